The maximum absolute atomic E-state index is 13.5. The molecular weight excluding hydrogens is 323 g/mol. The number of fused-ring (bicyclic) bond motifs is 1. The van der Waals surface area contributed by atoms with Gasteiger partial charge in [0.2, 0.25) is 5.91 Å². The summed E-state index contributed by atoms with van der Waals surface area (Å²) in [4.78, 5) is 23.6. The molecule has 0 aliphatic heterocycles. The first-order valence-corrected chi connectivity index (χ1v) is 7.04. The van der Waals surface area contributed by atoms with E-state index in [1.54, 1.807) is 30.3 Å². The number of nitrogens with zero attached hydrogens (tertiary/aromatic N) is 1. The van der Waals surface area contributed by atoms with Crippen LogP contribution in [0, 0.1) is 0 Å². The van der Waals surface area contributed by atoms with Gasteiger partial charge in [0.15, 0.2) is 6.04 Å². The summed E-state index contributed by atoms with van der Waals surface area (Å²) in [5.41, 5.74) is 4.88. The number of amides is 3. The second-order valence-corrected chi connectivity index (χ2v) is 5.31. The number of benzene rings is 2. The van der Waals surface area contributed by atoms with Crippen molar-refractivity contribution in [2.24, 2.45) is 5.73 Å². The van der Waals surface area contributed by atoms with Crippen LogP contribution in [0.1, 0.15) is 11.6 Å². The summed E-state index contributed by atoms with van der Waals surface area (Å²) >= 11 is 0. The number of rotatable bonds is 4. The Bertz CT molecular complexity index is 756. The Morgan fingerprint density at radius 2 is 1.79 bits per heavy atom. The maximum Gasteiger partial charge on any atom is 0.412 e. The highest BCUT2D eigenvalue weighted by Crippen LogP contribution is 2.36. The minimum Gasteiger partial charge on any atom is -0.368 e. The molecule has 128 valence electrons. The molecule has 0 aliphatic rings. The van der Waals surface area contributed by atoms with Gasteiger partial charge < -0.3 is 16.0 Å². The largest absolute Gasteiger partial charge is 0.412 e. The summed E-state index contributed by atoms with van der Waals surface area (Å²) in [6.45, 7) is -0.480. The lowest BCUT2D eigenvalue weighted by Crippen LogP contribution is -2.46. The standard InChI is InChI=1S/C16H16F3N3O2/c1-22(9-13(20)23)15(24)21-14(16(17,18)19)12-8-4-6-10-5-2-3-7-11(10)12/h2-8,14H,9H2,1H3,(H2,20,23)(H,21,24). The van der Waals surface area contributed by atoms with Crippen molar-refractivity contribution in [3.05, 3.63) is 48.0 Å². The lowest BCUT2D eigenvalue weighted by atomic mass is 9.98. The smallest absolute Gasteiger partial charge is 0.368 e. The quantitative estimate of drug-likeness (QED) is 0.898. The Hall–Kier alpha value is -2.77. The molecule has 0 saturated carbocycles. The maximum atomic E-state index is 13.5. The number of carbonyl (C=O) groups is 2. The molecule has 2 rings (SSSR count). The Labute approximate surface area is 136 Å². The normalized spacial score (nSPS) is 12.7. The molecular formula is C16H16F3N3O2. The molecule has 3 amide bonds. The van der Waals surface area contributed by atoms with Crippen LogP contribution in [0.5, 0.6) is 0 Å². The lowest BCUT2D eigenvalue weighted by molar-refractivity contribution is -0.155. The van der Waals surface area contributed by atoms with Crippen LogP contribution < -0.4 is 11.1 Å². The third-order valence-corrected chi connectivity index (χ3v) is 3.47. The number of hydrogen-bond acceptors (Lipinski definition) is 2. The fourth-order valence-electron chi connectivity index (χ4n) is 2.38. The first kappa shape index (κ1) is 17.6. The van der Waals surface area contributed by atoms with Crippen molar-refractivity contribution in [3.63, 3.8) is 0 Å². The van der Waals surface area contributed by atoms with Crippen molar-refractivity contribution in [1.82, 2.24) is 10.2 Å². The molecule has 0 saturated heterocycles. The summed E-state index contributed by atoms with van der Waals surface area (Å²) in [6.07, 6.45) is -4.70. The molecule has 1 unspecified atom stereocenters. The van der Waals surface area contributed by atoms with E-state index in [4.69, 9.17) is 5.73 Å². The fourth-order valence-corrected chi connectivity index (χ4v) is 2.38. The Morgan fingerprint density at radius 1 is 1.17 bits per heavy atom. The number of hydrogen-bond donors (Lipinski definition) is 2. The molecule has 0 aromatic heterocycles. The number of primary amides is 1. The molecule has 1 atom stereocenters. The van der Waals surface area contributed by atoms with E-state index in [1.165, 1.54) is 19.2 Å². The highest BCUT2D eigenvalue weighted by molar-refractivity contribution is 5.87. The van der Waals surface area contributed by atoms with Gasteiger partial charge in [0, 0.05) is 7.05 Å². The highest BCUT2D eigenvalue weighted by Gasteiger charge is 2.43. The van der Waals surface area contributed by atoms with E-state index in [1.807, 2.05) is 5.32 Å². The van der Waals surface area contributed by atoms with Crippen molar-refractivity contribution < 1.29 is 22.8 Å². The van der Waals surface area contributed by atoms with Crippen molar-refractivity contribution in [2.75, 3.05) is 13.6 Å². The monoisotopic (exact) mass is 339 g/mol. The van der Waals surface area contributed by atoms with E-state index in [0.717, 1.165) is 4.90 Å². The van der Waals surface area contributed by atoms with Crippen LogP contribution in [-0.2, 0) is 4.79 Å². The predicted octanol–water partition coefficient (Wildman–Crippen LogP) is 2.57. The molecule has 5 nitrogen and oxygen atoms in total. The molecule has 2 aromatic carbocycles. The highest BCUT2D eigenvalue weighted by atomic mass is 19.4. The molecule has 0 fully saturated rings. The number of urea groups is 1. The number of alkyl halides is 3. The zero-order valence-corrected chi connectivity index (χ0v) is 12.8. The average molecular weight is 339 g/mol. The van der Waals surface area contributed by atoms with Gasteiger partial charge in [-0.25, -0.2) is 4.79 Å². The van der Waals surface area contributed by atoms with Crippen LogP contribution in [0.15, 0.2) is 42.5 Å². The average Bonchev–Trinajstić information content (AvgIpc) is 2.50. The fraction of sp³-hybridized carbons (Fsp3) is 0.250. The summed E-state index contributed by atoms with van der Waals surface area (Å²) in [6, 6.07) is 7.85. The van der Waals surface area contributed by atoms with Gasteiger partial charge in [-0.3, -0.25) is 4.79 Å². The first-order valence-electron chi connectivity index (χ1n) is 7.04. The van der Waals surface area contributed by atoms with E-state index in [0.29, 0.717) is 10.8 Å². The number of carbonyl (C=O) groups excluding carboxylic acids is 2. The molecule has 0 spiro atoms. The Morgan fingerprint density at radius 3 is 2.42 bits per heavy atom. The Kier molecular flexibility index (Phi) is 4.96. The van der Waals surface area contributed by atoms with E-state index >= 15 is 0 Å². The summed E-state index contributed by atoms with van der Waals surface area (Å²) in [5.74, 6) is -0.818. The second kappa shape index (κ2) is 6.77. The van der Waals surface area contributed by atoms with Gasteiger partial charge in [-0.15, -0.1) is 0 Å². The number of nitrogens with one attached hydrogen (secondary N) is 1. The van der Waals surface area contributed by atoms with Crippen LogP contribution in [0.3, 0.4) is 0 Å². The van der Waals surface area contributed by atoms with Gasteiger partial charge >= 0.3 is 12.2 Å². The molecule has 8 heteroatoms. The third kappa shape index (κ3) is 3.95. The van der Waals surface area contributed by atoms with Gasteiger partial charge in [-0.1, -0.05) is 42.5 Å². The van der Waals surface area contributed by atoms with Crippen LogP contribution in [-0.4, -0.2) is 36.6 Å². The van der Waals surface area contributed by atoms with Gasteiger partial charge in [-0.05, 0) is 16.3 Å². The van der Waals surface area contributed by atoms with E-state index in [-0.39, 0.29) is 5.56 Å². The van der Waals surface area contributed by atoms with Crippen molar-refractivity contribution in [2.45, 2.75) is 12.2 Å². The van der Waals surface area contributed by atoms with E-state index < -0.39 is 30.7 Å². The Balaban J connectivity index is 2.39. The second-order valence-electron chi connectivity index (χ2n) is 5.31. The minimum atomic E-state index is -4.70. The lowest BCUT2D eigenvalue weighted by Gasteiger charge is -2.26. The SMILES string of the molecule is CN(CC(N)=O)C(=O)NC(c1cccc2ccccc12)C(F)(F)F. The molecule has 0 aliphatic carbocycles. The number of nitrogens with two attached hydrogens (primary N) is 1. The predicted molar refractivity (Wildman–Crippen MR) is 83.1 cm³/mol. The van der Waals surface area contributed by atoms with Crippen LogP contribution >= 0.6 is 0 Å². The summed E-state index contributed by atoms with van der Waals surface area (Å²) in [5, 5.41) is 2.94. The van der Waals surface area contributed by atoms with Gasteiger partial charge in [-0.2, -0.15) is 13.2 Å². The van der Waals surface area contributed by atoms with Gasteiger partial charge in [0.05, 0.1) is 0 Å². The first-order chi connectivity index (χ1) is 11.2. The van der Waals surface area contributed by atoms with Crippen molar-refractivity contribution in [3.8, 4) is 0 Å². The molecule has 24 heavy (non-hydrogen) atoms. The topological polar surface area (TPSA) is 75.4 Å². The summed E-state index contributed by atoms with van der Waals surface area (Å²) < 4.78 is 40.5. The van der Waals surface area contributed by atoms with Crippen LogP contribution in [0.4, 0.5) is 18.0 Å². The van der Waals surface area contributed by atoms with Gasteiger partial charge in [0.25, 0.3) is 0 Å². The van der Waals surface area contributed by atoms with Crippen LogP contribution in [0.2, 0.25) is 0 Å². The summed E-state index contributed by atoms with van der Waals surface area (Å²) in [7, 11) is 1.19. The minimum absolute atomic E-state index is 0.0681. The molecule has 3 N–H and O–H groups in total. The molecule has 2 aromatic rings. The van der Waals surface area contributed by atoms with Crippen LogP contribution in [0.25, 0.3) is 10.8 Å². The van der Waals surface area contributed by atoms with E-state index in [9.17, 15) is 22.8 Å². The zero-order valence-electron chi connectivity index (χ0n) is 12.8. The third-order valence-electron chi connectivity index (χ3n) is 3.47. The number of likely N-dealkylation sites (N-methyl/N-ethyl adjacent to an activating group) is 1. The van der Waals surface area contributed by atoms with Crippen molar-refractivity contribution in [1.29, 1.82) is 0 Å². The molecule has 0 radical (unpaired) electrons. The van der Waals surface area contributed by atoms with Crippen molar-refractivity contribution >= 4 is 22.7 Å². The van der Waals surface area contributed by atoms with Gasteiger partial charge in [0.1, 0.15) is 6.54 Å². The number of halogens is 3. The van der Waals surface area contributed by atoms with E-state index in [2.05, 4.69) is 0 Å². The molecule has 0 heterocycles. The molecule has 0 bridgehead atoms. The zero-order chi connectivity index (χ0) is 17.9.